The molecule has 0 spiro atoms. The molecular formula is C15H18N4S. The summed E-state index contributed by atoms with van der Waals surface area (Å²) in [7, 11) is 2.13. The van der Waals surface area contributed by atoms with E-state index in [1.807, 2.05) is 19.1 Å². The van der Waals surface area contributed by atoms with Crippen molar-refractivity contribution in [3.05, 3.63) is 46.0 Å². The summed E-state index contributed by atoms with van der Waals surface area (Å²) in [6.45, 7) is 3.93. The van der Waals surface area contributed by atoms with Crippen LogP contribution in [-0.4, -0.2) is 33.7 Å². The van der Waals surface area contributed by atoms with E-state index >= 15 is 0 Å². The zero-order valence-electron chi connectivity index (χ0n) is 11.8. The average Bonchev–Trinajstić information content (AvgIpc) is 3.03. The Labute approximate surface area is 122 Å². The summed E-state index contributed by atoms with van der Waals surface area (Å²) >= 11 is 1.71. The quantitative estimate of drug-likeness (QED) is 0.784. The lowest BCUT2D eigenvalue weighted by atomic mass is 10.1. The number of hydrogen-bond acceptors (Lipinski definition) is 4. The van der Waals surface area contributed by atoms with E-state index in [0.717, 1.165) is 35.7 Å². The summed E-state index contributed by atoms with van der Waals surface area (Å²) < 4.78 is 0. The van der Waals surface area contributed by atoms with Crippen LogP contribution in [0.1, 0.15) is 16.4 Å². The number of fused-ring (bicyclic) bond motifs is 1. The molecule has 0 aliphatic heterocycles. The minimum absolute atomic E-state index is 0.899. The van der Waals surface area contributed by atoms with Gasteiger partial charge in [-0.1, -0.05) is 18.2 Å². The minimum atomic E-state index is 0.899. The van der Waals surface area contributed by atoms with Gasteiger partial charge in [0.15, 0.2) is 0 Å². The Balaban J connectivity index is 1.61. The highest BCUT2D eigenvalue weighted by atomic mass is 32.1. The highest BCUT2D eigenvalue weighted by molar-refractivity contribution is 7.09. The number of likely N-dealkylation sites (N-methyl/N-ethyl adjacent to an activating group) is 1. The maximum atomic E-state index is 4.50. The maximum absolute atomic E-state index is 4.50. The fraction of sp³-hybridized carbons (Fsp3) is 0.333. The second-order valence-electron chi connectivity index (χ2n) is 5.06. The van der Waals surface area contributed by atoms with Crippen molar-refractivity contribution in [3.63, 3.8) is 0 Å². The molecule has 2 heterocycles. The van der Waals surface area contributed by atoms with Gasteiger partial charge in [-0.05, 0) is 20.0 Å². The number of thiazole rings is 1. The summed E-state index contributed by atoms with van der Waals surface area (Å²) in [6, 6.07) is 8.24. The van der Waals surface area contributed by atoms with Crippen LogP contribution in [0.2, 0.25) is 0 Å². The first-order valence-corrected chi connectivity index (χ1v) is 7.62. The number of nitrogens with zero attached hydrogens (tertiary/aromatic N) is 3. The Bertz CT molecular complexity index is 701. The smallest absolute Gasteiger partial charge is 0.0923 e. The van der Waals surface area contributed by atoms with Crippen molar-refractivity contribution in [2.75, 3.05) is 13.6 Å². The van der Waals surface area contributed by atoms with E-state index in [9.17, 15) is 0 Å². The van der Waals surface area contributed by atoms with E-state index in [1.54, 1.807) is 11.3 Å². The predicted octanol–water partition coefficient (Wildman–Crippen LogP) is 3.00. The molecule has 1 aromatic carbocycles. The number of H-pyrrole nitrogens is 1. The molecule has 0 saturated carbocycles. The zero-order chi connectivity index (χ0) is 13.9. The van der Waals surface area contributed by atoms with Gasteiger partial charge in [-0.15, -0.1) is 11.3 Å². The van der Waals surface area contributed by atoms with Gasteiger partial charge in [0.05, 0.1) is 16.2 Å². The molecule has 0 atom stereocenters. The van der Waals surface area contributed by atoms with E-state index in [2.05, 4.69) is 44.6 Å². The molecule has 0 aliphatic carbocycles. The molecule has 3 aromatic rings. The Kier molecular flexibility index (Phi) is 3.80. The van der Waals surface area contributed by atoms with E-state index in [1.165, 1.54) is 11.1 Å². The van der Waals surface area contributed by atoms with Gasteiger partial charge < -0.3 is 4.90 Å². The Hall–Kier alpha value is -1.72. The Morgan fingerprint density at radius 2 is 2.15 bits per heavy atom. The van der Waals surface area contributed by atoms with Gasteiger partial charge >= 0.3 is 0 Å². The number of aryl methyl sites for hydroxylation is 1. The third kappa shape index (κ3) is 2.89. The highest BCUT2D eigenvalue weighted by Gasteiger charge is 2.07. The summed E-state index contributed by atoms with van der Waals surface area (Å²) in [5.74, 6) is 0. The minimum Gasteiger partial charge on any atom is -0.300 e. The predicted molar refractivity (Wildman–Crippen MR) is 83.0 cm³/mol. The van der Waals surface area contributed by atoms with Gasteiger partial charge in [-0.25, -0.2) is 4.98 Å². The number of rotatable bonds is 5. The summed E-state index contributed by atoms with van der Waals surface area (Å²) in [4.78, 5) is 6.80. The van der Waals surface area contributed by atoms with Gasteiger partial charge in [-0.3, -0.25) is 5.10 Å². The molecule has 1 N–H and O–H groups in total. The normalized spacial score (nSPS) is 11.6. The molecule has 20 heavy (non-hydrogen) atoms. The fourth-order valence-corrected chi connectivity index (χ4v) is 2.95. The first-order chi connectivity index (χ1) is 9.72. The molecule has 2 aromatic heterocycles. The SMILES string of the molecule is Cc1nc(CN(C)CCc2[nH]nc3ccccc23)cs1. The van der Waals surface area contributed by atoms with Gasteiger partial charge in [0.1, 0.15) is 0 Å². The number of hydrogen-bond donors (Lipinski definition) is 1. The maximum Gasteiger partial charge on any atom is 0.0923 e. The molecule has 0 radical (unpaired) electrons. The molecule has 0 unspecified atom stereocenters. The number of nitrogens with one attached hydrogen (secondary N) is 1. The van der Waals surface area contributed by atoms with Crippen LogP contribution in [0.3, 0.4) is 0 Å². The molecule has 0 amide bonds. The first-order valence-electron chi connectivity index (χ1n) is 6.74. The molecule has 0 saturated heterocycles. The first kappa shape index (κ1) is 13.3. The summed E-state index contributed by atoms with van der Waals surface area (Å²) in [5, 5.41) is 12.0. The van der Waals surface area contributed by atoms with Crippen molar-refractivity contribution in [2.24, 2.45) is 0 Å². The van der Waals surface area contributed by atoms with Crippen LogP contribution in [0.25, 0.3) is 10.9 Å². The molecule has 5 heteroatoms. The second-order valence-corrected chi connectivity index (χ2v) is 6.13. The highest BCUT2D eigenvalue weighted by Crippen LogP contribution is 2.16. The van der Waals surface area contributed by atoms with Crippen molar-refractivity contribution in [3.8, 4) is 0 Å². The second kappa shape index (κ2) is 5.73. The van der Waals surface area contributed by atoms with Gasteiger partial charge in [0, 0.05) is 36.0 Å². The number of aromatic nitrogens is 3. The average molecular weight is 286 g/mol. The van der Waals surface area contributed by atoms with Gasteiger partial charge in [0.25, 0.3) is 0 Å². The molecule has 0 aliphatic rings. The fourth-order valence-electron chi connectivity index (χ4n) is 2.34. The summed E-state index contributed by atoms with van der Waals surface area (Å²) in [6.07, 6.45) is 0.972. The van der Waals surface area contributed by atoms with Crippen LogP contribution < -0.4 is 0 Å². The largest absolute Gasteiger partial charge is 0.300 e. The molecule has 3 rings (SSSR count). The third-order valence-corrected chi connectivity index (χ3v) is 4.20. The van der Waals surface area contributed by atoms with Gasteiger partial charge in [0.2, 0.25) is 0 Å². The van der Waals surface area contributed by atoms with Crippen LogP contribution >= 0.6 is 11.3 Å². The molecule has 104 valence electrons. The standard InChI is InChI=1S/C15H18N4S/c1-11-16-12(10-20-11)9-19(2)8-7-15-13-5-3-4-6-14(13)17-18-15/h3-6,10H,7-9H2,1-2H3,(H,17,18). The lowest BCUT2D eigenvalue weighted by Crippen LogP contribution is -2.21. The van der Waals surface area contributed by atoms with Crippen LogP contribution in [0.15, 0.2) is 29.6 Å². The Morgan fingerprint density at radius 3 is 2.95 bits per heavy atom. The number of para-hydroxylation sites is 1. The number of aromatic amines is 1. The van der Waals surface area contributed by atoms with Crippen LogP contribution in [0, 0.1) is 6.92 Å². The van der Waals surface area contributed by atoms with E-state index < -0.39 is 0 Å². The van der Waals surface area contributed by atoms with E-state index in [-0.39, 0.29) is 0 Å². The topological polar surface area (TPSA) is 44.8 Å². The van der Waals surface area contributed by atoms with Crippen LogP contribution in [-0.2, 0) is 13.0 Å². The van der Waals surface area contributed by atoms with Crippen molar-refractivity contribution < 1.29 is 0 Å². The van der Waals surface area contributed by atoms with Crippen LogP contribution in [0.5, 0.6) is 0 Å². The lowest BCUT2D eigenvalue weighted by molar-refractivity contribution is 0.327. The van der Waals surface area contributed by atoms with Crippen molar-refractivity contribution in [1.82, 2.24) is 20.1 Å². The summed E-state index contributed by atoms with van der Waals surface area (Å²) in [5.41, 5.74) is 3.41. The van der Waals surface area contributed by atoms with Crippen molar-refractivity contribution in [1.29, 1.82) is 0 Å². The Morgan fingerprint density at radius 1 is 1.30 bits per heavy atom. The van der Waals surface area contributed by atoms with Crippen molar-refractivity contribution >= 4 is 22.2 Å². The molecule has 4 nitrogen and oxygen atoms in total. The van der Waals surface area contributed by atoms with E-state index in [0.29, 0.717) is 0 Å². The lowest BCUT2D eigenvalue weighted by Gasteiger charge is -2.14. The van der Waals surface area contributed by atoms with Crippen LogP contribution in [0.4, 0.5) is 0 Å². The molecular weight excluding hydrogens is 268 g/mol. The van der Waals surface area contributed by atoms with E-state index in [4.69, 9.17) is 0 Å². The molecule has 0 fully saturated rings. The number of benzene rings is 1. The monoisotopic (exact) mass is 286 g/mol. The van der Waals surface area contributed by atoms with Crippen molar-refractivity contribution in [2.45, 2.75) is 19.9 Å². The molecule has 0 bridgehead atoms. The van der Waals surface area contributed by atoms with Gasteiger partial charge in [-0.2, -0.15) is 5.10 Å². The zero-order valence-corrected chi connectivity index (χ0v) is 12.6. The third-order valence-electron chi connectivity index (χ3n) is 3.38.